The van der Waals surface area contributed by atoms with Crippen LogP contribution in [0.1, 0.15) is 0 Å². The Kier molecular flexibility index (Phi) is 52.1. The Morgan fingerprint density at radius 2 is 1.20 bits per heavy atom. The summed E-state index contributed by atoms with van der Waals surface area (Å²) >= 11 is 8.53. The van der Waals surface area contributed by atoms with Crippen molar-refractivity contribution in [3.63, 3.8) is 0 Å². The standard InChI is InChI=1S/Al.Cl2O.Na/c;1-3-2;. The number of halogens is 2. The van der Waals surface area contributed by atoms with E-state index in [2.05, 4.69) is 27.6 Å². The van der Waals surface area contributed by atoms with Gasteiger partial charge in [-0.2, -0.15) is 3.84 Å². The van der Waals surface area contributed by atoms with Crippen LogP contribution in [0.25, 0.3) is 0 Å². The van der Waals surface area contributed by atoms with E-state index >= 15 is 0 Å². The Hall–Kier alpha value is 2.07. The molecule has 0 fully saturated rings. The molecule has 24 valence electrons. The molecule has 5 heavy (non-hydrogen) atoms. The number of hydrogen-bond acceptors (Lipinski definition) is 1. The molecule has 1 nitrogen and oxygen atoms in total. The minimum atomic E-state index is 0. The van der Waals surface area contributed by atoms with Gasteiger partial charge in [-0.1, -0.05) is 0 Å². The summed E-state index contributed by atoms with van der Waals surface area (Å²) in [6.45, 7) is 0. The third-order valence-corrected chi connectivity index (χ3v) is 0. The fourth-order valence-electron chi connectivity index (χ4n) is 0. The largest absolute Gasteiger partial charge is 0.166 e. The molecule has 0 saturated carbocycles. The zero-order valence-corrected chi connectivity index (χ0v) is 7.41. The van der Waals surface area contributed by atoms with Crippen LogP contribution in [0.4, 0.5) is 0 Å². The van der Waals surface area contributed by atoms with Gasteiger partial charge in [0.05, 0.1) is 23.7 Å². The summed E-state index contributed by atoms with van der Waals surface area (Å²) in [6.07, 6.45) is 0. The SMILES string of the molecule is ClOCl.[Al].[Na]. The van der Waals surface area contributed by atoms with E-state index in [1.54, 1.807) is 0 Å². The number of rotatable bonds is 0. The van der Waals surface area contributed by atoms with E-state index in [9.17, 15) is 0 Å². The van der Waals surface area contributed by atoms with Gasteiger partial charge in [-0.05, 0) is 0 Å². The van der Waals surface area contributed by atoms with E-state index in [-0.39, 0.29) is 46.9 Å². The predicted octanol–water partition coefficient (Wildman–Crippen LogP) is 0.549. The molecule has 0 aromatic carbocycles. The van der Waals surface area contributed by atoms with Crippen molar-refractivity contribution in [3.8, 4) is 0 Å². The van der Waals surface area contributed by atoms with Crippen LogP contribution in [0, 0.1) is 0 Å². The summed E-state index contributed by atoms with van der Waals surface area (Å²) in [4.78, 5) is 0. The van der Waals surface area contributed by atoms with E-state index in [1.165, 1.54) is 0 Å². The van der Waals surface area contributed by atoms with Crippen LogP contribution in [0.5, 0.6) is 0 Å². The molecule has 0 aromatic rings. The van der Waals surface area contributed by atoms with Gasteiger partial charge in [0.25, 0.3) is 0 Å². The van der Waals surface area contributed by atoms with E-state index in [4.69, 9.17) is 0 Å². The maximum atomic E-state index is 4.26. The molecule has 0 atom stereocenters. The summed E-state index contributed by atoms with van der Waals surface area (Å²) in [7, 11) is 0. The van der Waals surface area contributed by atoms with E-state index in [0.717, 1.165) is 0 Å². The van der Waals surface area contributed by atoms with Crippen molar-refractivity contribution in [2.75, 3.05) is 0 Å². The second-order valence-corrected chi connectivity index (χ2v) is 0.525. The van der Waals surface area contributed by atoms with Gasteiger partial charge in [0.2, 0.25) is 0 Å². The molecule has 0 amide bonds. The normalized spacial score (nSPS) is 3.60. The zero-order valence-electron chi connectivity index (χ0n) is 2.74. The molecular formula is AlCl2NaO. The topological polar surface area (TPSA) is 9.23 Å². The molecule has 0 bridgehead atoms. The molecule has 0 spiro atoms. The summed E-state index contributed by atoms with van der Waals surface area (Å²) in [5.74, 6) is 0. The van der Waals surface area contributed by atoms with Crippen molar-refractivity contribution in [3.05, 3.63) is 0 Å². The average molecular weight is 137 g/mol. The van der Waals surface area contributed by atoms with Gasteiger partial charge in [-0.3, -0.25) is 0 Å². The first-order valence-electron chi connectivity index (χ1n) is 0.309. The predicted molar refractivity (Wildman–Crippen MR) is 24.3 cm³/mol. The molecule has 0 unspecified atom stereocenters. The van der Waals surface area contributed by atoms with E-state index in [1.807, 2.05) is 0 Å². The fraction of sp³-hybridized carbons (Fsp3) is 0. The summed E-state index contributed by atoms with van der Waals surface area (Å²) in [5, 5.41) is 0. The van der Waals surface area contributed by atoms with Crippen LogP contribution in [0.15, 0.2) is 0 Å². The van der Waals surface area contributed by atoms with Gasteiger partial charge in [-0.25, -0.2) is 0 Å². The van der Waals surface area contributed by atoms with Crippen molar-refractivity contribution >= 4 is 70.7 Å². The Morgan fingerprint density at radius 3 is 1.20 bits per heavy atom. The molecule has 0 aliphatic rings. The van der Waals surface area contributed by atoms with Crippen LogP contribution in [0.3, 0.4) is 0 Å². The van der Waals surface area contributed by atoms with Crippen LogP contribution in [0.2, 0.25) is 0 Å². The van der Waals surface area contributed by atoms with Crippen molar-refractivity contribution < 1.29 is 3.84 Å². The minimum Gasteiger partial charge on any atom is -0.166 e. The van der Waals surface area contributed by atoms with Gasteiger partial charge >= 0.3 is 0 Å². The molecule has 4 radical (unpaired) electrons. The Bertz CT molecular complexity index is 9.61. The third kappa shape index (κ3) is 23.4. The quantitative estimate of drug-likeness (QED) is 0.443. The summed E-state index contributed by atoms with van der Waals surface area (Å²) in [5.41, 5.74) is 0. The van der Waals surface area contributed by atoms with Crippen molar-refractivity contribution in [1.29, 1.82) is 0 Å². The summed E-state index contributed by atoms with van der Waals surface area (Å²) < 4.78 is 3.19. The maximum Gasteiger partial charge on any atom is 0.0832 e. The first-order chi connectivity index (χ1) is 1.41. The molecule has 0 heterocycles. The number of hydrogen-bond donors (Lipinski definition) is 0. The van der Waals surface area contributed by atoms with E-state index in [0.29, 0.717) is 0 Å². The Morgan fingerprint density at radius 1 is 1.20 bits per heavy atom. The second-order valence-electron chi connectivity index (χ2n) is 0.0583. The van der Waals surface area contributed by atoms with Crippen molar-refractivity contribution in [1.82, 2.24) is 0 Å². The van der Waals surface area contributed by atoms with Crippen LogP contribution in [-0.2, 0) is 3.84 Å². The van der Waals surface area contributed by atoms with Gasteiger partial charge in [0.1, 0.15) is 0 Å². The minimum absolute atomic E-state index is 0. The average Bonchev–Trinajstić information content (AvgIpc) is 0.918. The third-order valence-electron chi connectivity index (χ3n) is 0. The molecule has 0 saturated heterocycles. The zero-order chi connectivity index (χ0) is 2.71. The van der Waals surface area contributed by atoms with Crippen molar-refractivity contribution in [2.45, 2.75) is 0 Å². The van der Waals surface area contributed by atoms with Gasteiger partial charge in [0, 0.05) is 46.9 Å². The molecule has 5 heteroatoms. The molecule has 0 aliphatic carbocycles. The maximum absolute atomic E-state index is 4.26. The van der Waals surface area contributed by atoms with Crippen molar-refractivity contribution in [2.24, 2.45) is 0 Å². The fourth-order valence-corrected chi connectivity index (χ4v) is 0. The first-order valence-corrected chi connectivity index (χ1v) is 0.926. The van der Waals surface area contributed by atoms with Gasteiger partial charge < -0.3 is 0 Å². The molecular weight excluding hydrogens is 137 g/mol. The smallest absolute Gasteiger partial charge is 0.0832 e. The van der Waals surface area contributed by atoms with E-state index < -0.39 is 0 Å². The molecule has 0 N–H and O–H groups in total. The van der Waals surface area contributed by atoms with Crippen LogP contribution < -0.4 is 0 Å². The van der Waals surface area contributed by atoms with Gasteiger partial charge in [-0.15, -0.1) is 0 Å². The second kappa shape index (κ2) is 16.6. The summed E-state index contributed by atoms with van der Waals surface area (Å²) in [6, 6.07) is 0. The first kappa shape index (κ1) is 15.7. The molecule has 0 aromatic heterocycles. The molecule has 0 rings (SSSR count). The van der Waals surface area contributed by atoms with Crippen LogP contribution >= 0.6 is 23.7 Å². The van der Waals surface area contributed by atoms with Crippen LogP contribution in [-0.4, -0.2) is 46.9 Å². The molecule has 0 aliphatic heterocycles. The Balaban J connectivity index is -0.0000000200. The monoisotopic (exact) mass is 136 g/mol. The Labute approximate surface area is 73.7 Å². The van der Waals surface area contributed by atoms with Gasteiger partial charge in [0.15, 0.2) is 0 Å².